The third-order valence-corrected chi connectivity index (χ3v) is 8.81. The van der Waals surface area contributed by atoms with E-state index in [4.69, 9.17) is 18.9 Å². The lowest BCUT2D eigenvalue weighted by molar-refractivity contribution is -0.271. The van der Waals surface area contributed by atoms with Crippen LogP contribution in [0.5, 0.6) is 5.75 Å². The van der Waals surface area contributed by atoms with E-state index in [9.17, 15) is 39.6 Å². The molecular formula is C39H64N2O12. The van der Waals surface area contributed by atoms with Crippen molar-refractivity contribution in [3.8, 4) is 5.75 Å². The Labute approximate surface area is 314 Å². The Morgan fingerprint density at radius 1 is 0.774 bits per heavy atom. The molecular weight excluding hydrogens is 688 g/mol. The Morgan fingerprint density at radius 2 is 1.40 bits per heavy atom. The number of hydrogen-bond donors (Lipinski definition) is 6. The molecule has 1 heterocycles. The number of aliphatic hydroxyl groups is 3. The number of Topliss-reactive ketones (excluding diaryl/α,β-unsaturated/α-hetero) is 1. The number of carboxylic acids is 1. The van der Waals surface area contributed by atoms with Gasteiger partial charge >= 0.3 is 5.97 Å². The van der Waals surface area contributed by atoms with Gasteiger partial charge in [-0.1, -0.05) is 47.6 Å². The minimum atomic E-state index is -1.88. The van der Waals surface area contributed by atoms with Crippen molar-refractivity contribution in [2.24, 2.45) is 10.8 Å². The van der Waals surface area contributed by atoms with Crippen LogP contribution in [0.3, 0.4) is 0 Å². The van der Waals surface area contributed by atoms with E-state index in [0.29, 0.717) is 45.3 Å². The molecule has 0 saturated carbocycles. The number of aliphatic carboxylic acids is 1. The molecule has 1 saturated heterocycles. The summed E-state index contributed by atoms with van der Waals surface area (Å²) in [4.78, 5) is 49.3. The van der Waals surface area contributed by atoms with Crippen molar-refractivity contribution in [2.45, 2.75) is 156 Å². The maximum absolute atomic E-state index is 13.0. The van der Waals surface area contributed by atoms with E-state index in [1.54, 1.807) is 12.1 Å². The standard InChI is InChI=1S/C39H64N2O12/c1-36(2,3)23-24-13-14-26(52-35-32(47)30(45)31(46)33(53-35)34(48)49)25(22-24)41-29(44)16-19-40-28(43)12-11-20-50-39(9,10)18-21-51-38(7,8)17-15-27(42)37(4,5)6/h13-14,22,30-33,35,45-47H,11-12,15-21,23H2,1-10H3,(H,40,43)(H,41,44)(H,48,49)/t30-,31-,32+,33-,35+/m0/s1. The van der Waals surface area contributed by atoms with Crippen LogP contribution in [0.25, 0.3) is 0 Å². The van der Waals surface area contributed by atoms with Crippen LogP contribution in [-0.4, -0.2) is 106 Å². The Hall–Kier alpha value is -3.14. The zero-order chi connectivity index (χ0) is 40.4. The van der Waals surface area contributed by atoms with Gasteiger partial charge in [-0.15, -0.1) is 0 Å². The summed E-state index contributed by atoms with van der Waals surface area (Å²) < 4.78 is 23.1. The van der Waals surface area contributed by atoms with Gasteiger partial charge in [0.05, 0.1) is 23.5 Å². The van der Waals surface area contributed by atoms with Crippen LogP contribution in [0.1, 0.15) is 113 Å². The van der Waals surface area contributed by atoms with Crippen molar-refractivity contribution in [2.75, 3.05) is 25.1 Å². The zero-order valence-corrected chi connectivity index (χ0v) is 33.2. The normalized spacial score (nSPS) is 21.2. The van der Waals surface area contributed by atoms with E-state index in [2.05, 4.69) is 31.4 Å². The van der Waals surface area contributed by atoms with Gasteiger partial charge in [0.25, 0.3) is 0 Å². The highest BCUT2D eigenvalue weighted by Crippen LogP contribution is 2.33. The van der Waals surface area contributed by atoms with E-state index >= 15 is 0 Å². The van der Waals surface area contributed by atoms with E-state index in [0.717, 1.165) is 5.56 Å². The highest BCUT2D eigenvalue weighted by atomic mass is 16.7. The number of aliphatic hydroxyl groups excluding tert-OH is 3. The quantitative estimate of drug-likeness (QED) is 0.104. The van der Waals surface area contributed by atoms with Crippen LogP contribution in [-0.2, 0) is 39.8 Å². The highest BCUT2D eigenvalue weighted by Gasteiger charge is 2.48. The van der Waals surface area contributed by atoms with Gasteiger partial charge in [0.15, 0.2) is 6.10 Å². The molecule has 14 heteroatoms. The fraction of sp³-hybridized carbons (Fsp3) is 0.744. The minimum Gasteiger partial charge on any atom is -0.479 e. The highest BCUT2D eigenvalue weighted by molar-refractivity contribution is 5.92. The first-order valence-electron chi connectivity index (χ1n) is 18.4. The third-order valence-electron chi connectivity index (χ3n) is 8.81. The van der Waals surface area contributed by atoms with E-state index in [1.807, 2.05) is 48.5 Å². The molecule has 2 rings (SSSR count). The van der Waals surface area contributed by atoms with Gasteiger partial charge in [-0.2, -0.15) is 0 Å². The Balaban J connectivity index is 1.84. The predicted molar refractivity (Wildman–Crippen MR) is 198 cm³/mol. The van der Waals surface area contributed by atoms with Crippen molar-refractivity contribution >= 4 is 29.3 Å². The zero-order valence-electron chi connectivity index (χ0n) is 33.2. The summed E-state index contributed by atoms with van der Waals surface area (Å²) >= 11 is 0. The average Bonchev–Trinajstić information content (AvgIpc) is 3.01. The van der Waals surface area contributed by atoms with Gasteiger partial charge in [0.2, 0.25) is 18.1 Å². The van der Waals surface area contributed by atoms with Gasteiger partial charge in [0, 0.05) is 37.8 Å². The molecule has 0 aromatic heterocycles. The van der Waals surface area contributed by atoms with Crippen LogP contribution in [0.2, 0.25) is 0 Å². The van der Waals surface area contributed by atoms with Crippen LogP contribution >= 0.6 is 0 Å². The molecule has 1 aromatic rings. The summed E-state index contributed by atoms with van der Waals surface area (Å²) in [7, 11) is 0. The van der Waals surface area contributed by atoms with Gasteiger partial charge < -0.3 is 50.0 Å². The number of amides is 2. The topological polar surface area (TPSA) is 210 Å². The lowest BCUT2D eigenvalue weighted by Gasteiger charge is -2.38. The van der Waals surface area contributed by atoms with Crippen molar-refractivity contribution in [3.63, 3.8) is 0 Å². The van der Waals surface area contributed by atoms with E-state index in [-0.39, 0.29) is 53.3 Å². The monoisotopic (exact) mass is 752 g/mol. The molecule has 302 valence electrons. The van der Waals surface area contributed by atoms with Crippen LogP contribution in [0.15, 0.2) is 18.2 Å². The number of nitrogens with one attached hydrogen (secondary N) is 2. The Kier molecular flexibility index (Phi) is 16.9. The number of carbonyl (C=O) groups excluding carboxylic acids is 3. The number of anilines is 1. The largest absolute Gasteiger partial charge is 0.479 e. The molecule has 2 amide bonds. The number of benzene rings is 1. The fourth-order valence-electron chi connectivity index (χ4n) is 5.48. The lowest BCUT2D eigenvalue weighted by atomic mass is 9.86. The van der Waals surface area contributed by atoms with Crippen LogP contribution in [0.4, 0.5) is 5.69 Å². The average molecular weight is 753 g/mol. The molecule has 0 spiro atoms. The molecule has 14 nitrogen and oxygen atoms in total. The van der Waals surface area contributed by atoms with Gasteiger partial charge in [-0.25, -0.2) is 4.79 Å². The number of rotatable bonds is 20. The minimum absolute atomic E-state index is 0.0441. The number of hydrogen-bond acceptors (Lipinski definition) is 11. The van der Waals surface area contributed by atoms with Gasteiger partial charge in [-0.3, -0.25) is 14.4 Å². The second-order valence-electron chi connectivity index (χ2n) is 17.3. The van der Waals surface area contributed by atoms with Crippen molar-refractivity contribution in [1.29, 1.82) is 0 Å². The Morgan fingerprint density at radius 3 is 2.00 bits per heavy atom. The summed E-state index contributed by atoms with van der Waals surface area (Å²) in [6.07, 6.45) is -6.01. The molecule has 1 aliphatic rings. The number of ketones is 1. The maximum atomic E-state index is 13.0. The molecule has 1 fully saturated rings. The molecule has 0 bridgehead atoms. The van der Waals surface area contributed by atoms with Crippen LogP contribution in [0, 0.1) is 10.8 Å². The SMILES string of the molecule is CC(C)(C)Cc1ccc(O[C@@H]2O[C@H](C(=O)O)[C@@H](O)[C@H](O)[C@H]2O)c(NC(=O)CCNC(=O)CCCOC(C)(C)CCOC(C)(C)CCC(=O)C(C)(C)C)c1. The summed E-state index contributed by atoms with van der Waals surface area (Å²) in [5, 5.41) is 45.5. The smallest absolute Gasteiger partial charge is 0.335 e. The number of carboxylic acid groups (broad SMARTS) is 1. The summed E-state index contributed by atoms with van der Waals surface area (Å²) in [5.74, 6) is -1.97. The molecule has 6 N–H and O–H groups in total. The summed E-state index contributed by atoms with van der Waals surface area (Å²) in [6.45, 7) is 20.7. The molecule has 1 aliphatic heterocycles. The molecule has 0 aliphatic carbocycles. The molecule has 1 aromatic carbocycles. The number of carbonyl (C=O) groups is 4. The molecule has 53 heavy (non-hydrogen) atoms. The van der Waals surface area contributed by atoms with Gasteiger partial charge in [0.1, 0.15) is 29.8 Å². The molecule has 5 atom stereocenters. The first-order valence-corrected chi connectivity index (χ1v) is 18.4. The predicted octanol–water partition coefficient (Wildman–Crippen LogP) is 4.15. The molecule has 0 unspecified atom stereocenters. The first kappa shape index (κ1) is 46.0. The molecule has 0 radical (unpaired) electrons. The van der Waals surface area contributed by atoms with Crippen molar-refractivity contribution < 1.29 is 58.6 Å². The van der Waals surface area contributed by atoms with E-state index in [1.165, 1.54) is 6.07 Å². The fourth-order valence-corrected chi connectivity index (χ4v) is 5.48. The lowest BCUT2D eigenvalue weighted by Crippen LogP contribution is -2.61. The Bertz CT molecular complexity index is 1380. The third kappa shape index (κ3) is 16.4. The number of ether oxygens (including phenoxy) is 4. The van der Waals surface area contributed by atoms with Crippen LogP contribution < -0.4 is 15.4 Å². The van der Waals surface area contributed by atoms with Crippen molar-refractivity contribution in [3.05, 3.63) is 23.8 Å². The maximum Gasteiger partial charge on any atom is 0.335 e. The van der Waals surface area contributed by atoms with E-state index < -0.39 is 53.8 Å². The summed E-state index contributed by atoms with van der Waals surface area (Å²) in [5.41, 5.74) is -0.284. The van der Waals surface area contributed by atoms with Crippen molar-refractivity contribution in [1.82, 2.24) is 5.32 Å². The first-order chi connectivity index (χ1) is 24.3. The van der Waals surface area contributed by atoms with Gasteiger partial charge in [-0.05, 0) is 76.5 Å². The second kappa shape index (κ2) is 19.4. The summed E-state index contributed by atoms with van der Waals surface area (Å²) in [6, 6.07) is 4.99. The second-order valence-corrected chi connectivity index (χ2v) is 17.3.